The first kappa shape index (κ1) is 8.00. The van der Waals surface area contributed by atoms with Crippen LogP contribution in [0.3, 0.4) is 0 Å². The van der Waals surface area contributed by atoms with Crippen LogP contribution in [0, 0.1) is 0 Å². The predicted molar refractivity (Wildman–Crippen MR) is 35.7 cm³/mol. The fourth-order valence-electron chi connectivity index (χ4n) is 0.915. The Morgan fingerprint density at radius 2 is 2.09 bits per heavy atom. The minimum atomic E-state index is -0.554. The van der Waals surface area contributed by atoms with Crippen LogP contribution in [0.5, 0.6) is 0 Å². The fourth-order valence-corrected chi connectivity index (χ4v) is 0.915. The van der Waals surface area contributed by atoms with Crippen molar-refractivity contribution in [1.82, 2.24) is 9.96 Å². The van der Waals surface area contributed by atoms with Gasteiger partial charge in [-0.15, -0.1) is 0 Å². The predicted octanol–water partition coefficient (Wildman–Crippen LogP) is -0.935. The average molecular weight is 158 g/mol. The first-order chi connectivity index (χ1) is 5.04. The number of likely N-dealkylation sites (N-methyl/N-ethyl adjacent to an activating group) is 1. The number of carbonyl (C=O) groups is 2. The number of nitrogens with zero attached hydrogens (tertiary/aromatic N) is 2. The third-order valence-electron chi connectivity index (χ3n) is 1.87. The molecule has 1 saturated heterocycles. The van der Waals surface area contributed by atoms with E-state index in [1.165, 1.54) is 11.9 Å². The molecule has 1 heterocycles. The Hall–Kier alpha value is -1.10. The van der Waals surface area contributed by atoms with Crippen molar-refractivity contribution in [2.45, 2.75) is 13.0 Å². The standard InChI is InChI=1S/C6H10N2O3/c1-4-6(10)8(11)3-5(9)7(4)2/h4,11H,3H2,1-2H3. The average Bonchev–Trinajstić information content (AvgIpc) is 1.97. The van der Waals surface area contributed by atoms with Gasteiger partial charge < -0.3 is 4.90 Å². The molecule has 1 fully saturated rings. The van der Waals surface area contributed by atoms with Gasteiger partial charge in [0, 0.05) is 7.05 Å². The third kappa shape index (κ3) is 1.19. The molecule has 0 aromatic rings. The Balaban J connectivity index is 2.78. The Kier molecular flexibility index (Phi) is 1.82. The van der Waals surface area contributed by atoms with Crippen LogP contribution in [0.1, 0.15) is 6.92 Å². The van der Waals surface area contributed by atoms with Crippen LogP contribution in [0.25, 0.3) is 0 Å². The highest BCUT2D eigenvalue weighted by atomic mass is 16.5. The van der Waals surface area contributed by atoms with Gasteiger partial charge in [0.2, 0.25) is 5.91 Å². The van der Waals surface area contributed by atoms with Gasteiger partial charge in [-0.05, 0) is 6.92 Å². The van der Waals surface area contributed by atoms with E-state index in [2.05, 4.69) is 0 Å². The van der Waals surface area contributed by atoms with Gasteiger partial charge in [0.15, 0.2) is 0 Å². The summed E-state index contributed by atoms with van der Waals surface area (Å²) in [7, 11) is 1.54. The minimum absolute atomic E-state index is 0.236. The molecule has 1 N–H and O–H groups in total. The van der Waals surface area contributed by atoms with Crippen molar-refractivity contribution in [3.63, 3.8) is 0 Å². The molecule has 1 aliphatic heterocycles. The smallest absolute Gasteiger partial charge is 0.268 e. The Bertz CT molecular complexity index is 204. The summed E-state index contributed by atoms with van der Waals surface area (Å²) in [4.78, 5) is 23.2. The van der Waals surface area contributed by atoms with Crippen LogP contribution in [0.4, 0.5) is 0 Å². The number of hydrogen-bond acceptors (Lipinski definition) is 3. The zero-order valence-corrected chi connectivity index (χ0v) is 6.44. The van der Waals surface area contributed by atoms with Crippen molar-refractivity contribution in [3.8, 4) is 0 Å². The number of hydrogen-bond donors (Lipinski definition) is 1. The second kappa shape index (κ2) is 2.50. The summed E-state index contributed by atoms with van der Waals surface area (Å²) in [6.07, 6.45) is 0. The van der Waals surface area contributed by atoms with E-state index in [-0.39, 0.29) is 12.5 Å². The molecule has 1 unspecified atom stereocenters. The number of piperazine rings is 1. The molecule has 0 aliphatic carbocycles. The van der Waals surface area contributed by atoms with E-state index in [0.717, 1.165) is 0 Å². The Morgan fingerprint density at radius 3 is 2.64 bits per heavy atom. The zero-order valence-electron chi connectivity index (χ0n) is 6.44. The lowest BCUT2D eigenvalue weighted by atomic mass is 10.2. The quantitative estimate of drug-likeness (QED) is 0.463. The molecule has 1 rings (SSSR count). The lowest BCUT2D eigenvalue weighted by Crippen LogP contribution is -2.56. The summed E-state index contributed by atoms with van der Waals surface area (Å²) < 4.78 is 0. The molecule has 1 aliphatic rings. The molecule has 1 atom stereocenters. The van der Waals surface area contributed by atoms with Gasteiger partial charge in [0.05, 0.1) is 0 Å². The largest absolute Gasteiger partial charge is 0.332 e. The van der Waals surface area contributed by atoms with E-state index in [1.54, 1.807) is 6.92 Å². The molecule has 11 heavy (non-hydrogen) atoms. The summed E-state index contributed by atoms with van der Waals surface area (Å²) in [5.41, 5.74) is 0. The van der Waals surface area contributed by atoms with Crippen molar-refractivity contribution in [2.24, 2.45) is 0 Å². The number of carbonyl (C=O) groups excluding carboxylic acids is 2. The Morgan fingerprint density at radius 1 is 1.55 bits per heavy atom. The molecule has 62 valence electrons. The topological polar surface area (TPSA) is 60.9 Å². The number of rotatable bonds is 0. The van der Waals surface area contributed by atoms with E-state index < -0.39 is 11.9 Å². The van der Waals surface area contributed by atoms with Crippen LogP contribution < -0.4 is 0 Å². The van der Waals surface area contributed by atoms with Gasteiger partial charge >= 0.3 is 0 Å². The molecule has 0 saturated carbocycles. The lowest BCUT2D eigenvalue weighted by molar-refractivity contribution is -0.185. The number of amides is 2. The summed E-state index contributed by atoms with van der Waals surface area (Å²) in [5.74, 6) is -0.688. The van der Waals surface area contributed by atoms with E-state index in [4.69, 9.17) is 5.21 Å². The Labute approximate surface area is 64.1 Å². The molecule has 2 amide bonds. The highest BCUT2D eigenvalue weighted by Gasteiger charge is 2.33. The second-order valence-corrected chi connectivity index (χ2v) is 2.58. The summed E-state index contributed by atoms with van der Waals surface area (Å²) >= 11 is 0. The van der Waals surface area contributed by atoms with E-state index in [9.17, 15) is 9.59 Å². The van der Waals surface area contributed by atoms with Crippen LogP contribution in [-0.2, 0) is 9.59 Å². The molecule has 5 nitrogen and oxygen atoms in total. The van der Waals surface area contributed by atoms with E-state index in [1.807, 2.05) is 0 Å². The minimum Gasteiger partial charge on any atom is -0.332 e. The normalized spacial score (nSPS) is 26.3. The molecule has 0 aromatic carbocycles. The van der Waals surface area contributed by atoms with Crippen LogP contribution in [0.15, 0.2) is 0 Å². The van der Waals surface area contributed by atoms with E-state index in [0.29, 0.717) is 5.06 Å². The van der Waals surface area contributed by atoms with E-state index >= 15 is 0 Å². The highest BCUT2D eigenvalue weighted by molar-refractivity contribution is 5.93. The molecule has 0 spiro atoms. The van der Waals surface area contributed by atoms with Crippen molar-refractivity contribution in [1.29, 1.82) is 0 Å². The van der Waals surface area contributed by atoms with Crippen molar-refractivity contribution in [2.75, 3.05) is 13.6 Å². The van der Waals surface area contributed by atoms with Crippen LogP contribution in [0.2, 0.25) is 0 Å². The maximum atomic E-state index is 11.0. The SMILES string of the molecule is CC1C(=O)N(O)CC(=O)N1C. The second-order valence-electron chi connectivity index (χ2n) is 2.58. The zero-order chi connectivity index (χ0) is 8.59. The van der Waals surface area contributed by atoms with Gasteiger partial charge in [0.1, 0.15) is 12.6 Å². The van der Waals surface area contributed by atoms with Crippen LogP contribution >= 0.6 is 0 Å². The van der Waals surface area contributed by atoms with Gasteiger partial charge in [-0.1, -0.05) is 0 Å². The maximum absolute atomic E-state index is 11.0. The summed E-state index contributed by atoms with van der Waals surface area (Å²) in [5, 5.41) is 9.32. The molecular weight excluding hydrogens is 148 g/mol. The highest BCUT2D eigenvalue weighted by Crippen LogP contribution is 2.07. The molecule has 0 bridgehead atoms. The van der Waals surface area contributed by atoms with Crippen molar-refractivity contribution >= 4 is 11.8 Å². The first-order valence-electron chi connectivity index (χ1n) is 3.30. The van der Waals surface area contributed by atoms with Gasteiger partial charge in [-0.3, -0.25) is 14.8 Å². The number of hydroxylamine groups is 2. The fraction of sp³-hybridized carbons (Fsp3) is 0.667. The molecule has 5 heteroatoms. The molecular formula is C6H10N2O3. The molecule has 0 radical (unpaired) electrons. The lowest BCUT2D eigenvalue weighted by Gasteiger charge is -2.32. The first-order valence-corrected chi connectivity index (χ1v) is 3.30. The van der Waals surface area contributed by atoms with Gasteiger partial charge in [-0.2, -0.15) is 0 Å². The monoisotopic (exact) mass is 158 g/mol. The maximum Gasteiger partial charge on any atom is 0.268 e. The summed E-state index contributed by atoms with van der Waals surface area (Å²) in [6, 6.07) is -0.554. The summed E-state index contributed by atoms with van der Waals surface area (Å²) in [6.45, 7) is 1.34. The van der Waals surface area contributed by atoms with Crippen LogP contribution in [-0.4, -0.2) is 46.6 Å². The van der Waals surface area contributed by atoms with Crippen molar-refractivity contribution < 1.29 is 14.8 Å². The van der Waals surface area contributed by atoms with Gasteiger partial charge in [-0.25, -0.2) is 5.06 Å². The molecule has 0 aromatic heterocycles. The van der Waals surface area contributed by atoms with Crippen molar-refractivity contribution in [3.05, 3.63) is 0 Å². The van der Waals surface area contributed by atoms with Gasteiger partial charge in [0.25, 0.3) is 5.91 Å². The third-order valence-corrected chi connectivity index (χ3v) is 1.87.